The molecule has 0 radical (unpaired) electrons. The number of pyridine rings is 2. The summed E-state index contributed by atoms with van der Waals surface area (Å²) in [6.45, 7) is 4.69. The Morgan fingerprint density at radius 3 is 1.98 bits per heavy atom. The minimum absolute atomic E-state index is 0.167. The van der Waals surface area contributed by atoms with Crippen LogP contribution in [0.3, 0.4) is 0 Å². The summed E-state index contributed by atoms with van der Waals surface area (Å²) in [4.78, 5) is 9.82. The first kappa shape index (κ1) is 23.8. The molecule has 7 aromatic rings. The van der Waals surface area contributed by atoms with E-state index in [4.69, 9.17) is 4.98 Å². The zero-order valence-electron chi connectivity index (χ0n) is 23.1. The van der Waals surface area contributed by atoms with Crippen molar-refractivity contribution in [2.45, 2.75) is 19.3 Å². The predicted molar refractivity (Wildman–Crippen MR) is 171 cm³/mol. The van der Waals surface area contributed by atoms with Gasteiger partial charge in [0.1, 0.15) is 0 Å². The van der Waals surface area contributed by atoms with E-state index in [1.54, 1.807) is 0 Å². The van der Waals surface area contributed by atoms with Crippen molar-refractivity contribution in [2.75, 3.05) is 0 Å². The summed E-state index contributed by atoms with van der Waals surface area (Å²) in [5, 5.41) is 3.72. The molecule has 2 heterocycles. The molecule has 2 aromatic heterocycles. The molecule has 0 bridgehead atoms. The third kappa shape index (κ3) is 3.64. The van der Waals surface area contributed by atoms with E-state index in [0.717, 1.165) is 22.5 Å². The van der Waals surface area contributed by atoms with Gasteiger partial charge in [-0.3, -0.25) is 4.98 Å². The van der Waals surface area contributed by atoms with Crippen LogP contribution >= 0.6 is 0 Å². The van der Waals surface area contributed by atoms with Crippen molar-refractivity contribution in [2.24, 2.45) is 0 Å². The van der Waals surface area contributed by atoms with Gasteiger partial charge in [-0.05, 0) is 62.4 Å². The molecule has 0 N–H and O–H groups in total. The van der Waals surface area contributed by atoms with Gasteiger partial charge >= 0.3 is 0 Å². The Hall–Kier alpha value is -5.08. The maximum Gasteiger partial charge on any atom is 0.0759 e. The fourth-order valence-corrected chi connectivity index (χ4v) is 6.69. The van der Waals surface area contributed by atoms with Crippen molar-refractivity contribution in [1.29, 1.82) is 0 Å². The summed E-state index contributed by atoms with van der Waals surface area (Å²) >= 11 is 0. The van der Waals surface area contributed by atoms with Crippen LogP contribution in [0.5, 0.6) is 0 Å². The van der Waals surface area contributed by atoms with Gasteiger partial charge in [-0.2, -0.15) is 0 Å². The Balaban J connectivity index is 1.33. The minimum Gasteiger partial charge on any atom is -0.256 e. The van der Waals surface area contributed by atoms with Crippen LogP contribution in [0.15, 0.2) is 134 Å². The van der Waals surface area contributed by atoms with Gasteiger partial charge in [-0.1, -0.05) is 123 Å². The lowest BCUT2D eigenvalue weighted by Crippen LogP contribution is -2.16. The van der Waals surface area contributed by atoms with E-state index in [0.29, 0.717) is 0 Å². The monoisotopic (exact) mass is 524 g/mol. The Morgan fingerprint density at radius 2 is 1.22 bits per heavy atom. The van der Waals surface area contributed by atoms with E-state index >= 15 is 0 Å². The van der Waals surface area contributed by atoms with Crippen molar-refractivity contribution in [3.05, 3.63) is 145 Å². The molecular weight excluding hydrogens is 496 g/mol. The first-order valence-electron chi connectivity index (χ1n) is 14.2. The normalized spacial score (nSPS) is 13.3. The number of benzene rings is 5. The number of fused-ring (bicyclic) bond motifs is 6. The van der Waals surface area contributed by atoms with Crippen LogP contribution in [0.2, 0.25) is 0 Å². The maximum absolute atomic E-state index is 5.32. The van der Waals surface area contributed by atoms with E-state index in [1.165, 1.54) is 55.1 Å². The Labute approximate surface area is 240 Å². The van der Waals surface area contributed by atoms with Gasteiger partial charge in [0.2, 0.25) is 0 Å². The molecule has 2 nitrogen and oxygen atoms in total. The lowest BCUT2D eigenvalue weighted by molar-refractivity contribution is 0.662. The number of hydrogen-bond donors (Lipinski definition) is 0. The molecule has 0 aliphatic heterocycles. The van der Waals surface area contributed by atoms with Gasteiger partial charge in [0.15, 0.2) is 0 Å². The largest absolute Gasteiger partial charge is 0.256 e. The van der Waals surface area contributed by atoms with Crippen LogP contribution < -0.4 is 0 Å². The van der Waals surface area contributed by atoms with Crippen molar-refractivity contribution in [3.63, 3.8) is 0 Å². The van der Waals surface area contributed by atoms with E-state index in [2.05, 4.69) is 128 Å². The molecule has 0 amide bonds. The second-order valence-electron chi connectivity index (χ2n) is 11.4. The summed E-state index contributed by atoms with van der Waals surface area (Å²) in [5.74, 6) is 0. The standard InChI is InChI=1S/C39H28N2/c1-39(2)32-12-6-5-11-31(32)38-37(39)35(36-30-10-4-3-9-27(30)22-23-34(36)41-38)29-20-16-26(17-21-29)25-14-18-28(19-15-25)33-13-7-8-24-40-33/h3-24H,1-2H3. The highest BCUT2D eigenvalue weighted by Crippen LogP contribution is 2.53. The summed E-state index contributed by atoms with van der Waals surface area (Å²) in [5.41, 5.74) is 12.9. The third-order valence-corrected chi connectivity index (χ3v) is 8.71. The van der Waals surface area contributed by atoms with Gasteiger partial charge in [-0.25, -0.2) is 4.98 Å². The topological polar surface area (TPSA) is 25.8 Å². The van der Waals surface area contributed by atoms with E-state index in [9.17, 15) is 0 Å². The van der Waals surface area contributed by atoms with E-state index < -0.39 is 0 Å². The van der Waals surface area contributed by atoms with Gasteiger partial charge in [-0.15, -0.1) is 0 Å². The lowest BCUT2D eigenvalue weighted by atomic mass is 9.78. The molecule has 5 aromatic carbocycles. The molecule has 1 aliphatic carbocycles. The molecular formula is C39H28N2. The minimum atomic E-state index is -0.167. The maximum atomic E-state index is 5.32. The van der Waals surface area contributed by atoms with Gasteiger partial charge in [0.05, 0.1) is 16.9 Å². The Kier molecular flexibility index (Phi) is 5.20. The second kappa shape index (κ2) is 8.97. The number of nitrogens with zero attached hydrogens (tertiary/aromatic N) is 2. The van der Waals surface area contributed by atoms with Crippen molar-refractivity contribution < 1.29 is 0 Å². The molecule has 0 atom stereocenters. The van der Waals surface area contributed by atoms with Crippen LogP contribution in [0, 0.1) is 0 Å². The molecule has 0 unspecified atom stereocenters. The van der Waals surface area contributed by atoms with Gasteiger partial charge in [0.25, 0.3) is 0 Å². The average molecular weight is 525 g/mol. The number of aromatic nitrogens is 2. The SMILES string of the molecule is CC1(C)c2ccccc2-c2nc3ccc4ccccc4c3c(-c3ccc(-c4ccc(-c5ccccn5)cc4)cc3)c21. The zero-order valence-corrected chi connectivity index (χ0v) is 23.1. The Morgan fingerprint density at radius 1 is 0.561 bits per heavy atom. The molecule has 194 valence electrons. The third-order valence-electron chi connectivity index (χ3n) is 8.71. The molecule has 1 aliphatic rings. The highest BCUT2D eigenvalue weighted by atomic mass is 14.7. The molecule has 8 rings (SSSR count). The average Bonchev–Trinajstić information content (AvgIpc) is 3.26. The fraction of sp³-hybridized carbons (Fsp3) is 0.0769. The first-order chi connectivity index (χ1) is 20.1. The molecule has 41 heavy (non-hydrogen) atoms. The van der Waals surface area contributed by atoms with Crippen LogP contribution in [0.4, 0.5) is 0 Å². The summed E-state index contributed by atoms with van der Waals surface area (Å²) in [6, 6.07) is 45.6. The highest BCUT2D eigenvalue weighted by molar-refractivity contribution is 6.15. The quantitative estimate of drug-likeness (QED) is 0.215. The number of rotatable bonds is 3. The number of hydrogen-bond acceptors (Lipinski definition) is 2. The summed E-state index contributed by atoms with van der Waals surface area (Å²) in [7, 11) is 0. The molecule has 0 fully saturated rings. The lowest BCUT2D eigenvalue weighted by Gasteiger charge is -2.25. The van der Waals surface area contributed by atoms with Crippen molar-refractivity contribution in [3.8, 4) is 44.8 Å². The molecule has 2 heteroatoms. The van der Waals surface area contributed by atoms with Crippen LogP contribution in [-0.2, 0) is 5.41 Å². The summed E-state index contributed by atoms with van der Waals surface area (Å²) < 4.78 is 0. The van der Waals surface area contributed by atoms with E-state index in [-0.39, 0.29) is 5.41 Å². The highest BCUT2D eigenvalue weighted by Gasteiger charge is 2.39. The fourth-order valence-electron chi connectivity index (χ4n) is 6.69. The predicted octanol–water partition coefficient (Wildman–Crippen LogP) is 10.1. The van der Waals surface area contributed by atoms with Crippen LogP contribution in [-0.4, -0.2) is 9.97 Å². The first-order valence-corrected chi connectivity index (χ1v) is 14.2. The summed E-state index contributed by atoms with van der Waals surface area (Å²) in [6.07, 6.45) is 1.84. The smallest absolute Gasteiger partial charge is 0.0759 e. The van der Waals surface area contributed by atoms with Crippen LogP contribution in [0.25, 0.3) is 66.4 Å². The van der Waals surface area contributed by atoms with Gasteiger partial charge in [0, 0.05) is 28.1 Å². The van der Waals surface area contributed by atoms with Crippen molar-refractivity contribution >= 4 is 21.7 Å². The van der Waals surface area contributed by atoms with Crippen molar-refractivity contribution in [1.82, 2.24) is 9.97 Å². The van der Waals surface area contributed by atoms with Gasteiger partial charge < -0.3 is 0 Å². The second-order valence-corrected chi connectivity index (χ2v) is 11.4. The zero-order chi connectivity index (χ0) is 27.6. The Bertz CT molecular complexity index is 2090. The molecule has 0 saturated heterocycles. The van der Waals surface area contributed by atoms with Crippen LogP contribution in [0.1, 0.15) is 25.0 Å². The molecule has 0 spiro atoms. The molecule has 0 saturated carbocycles. The van der Waals surface area contributed by atoms with E-state index in [1.807, 2.05) is 24.4 Å².